The maximum atomic E-state index is 12.8. The summed E-state index contributed by atoms with van der Waals surface area (Å²) < 4.78 is 5.22. The van der Waals surface area contributed by atoms with Crippen molar-refractivity contribution in [1.82, 2.24) is 19.9 Å². The van der Waals surface area contributed by atoms with Crippen molar-refractivity contribution in [3.8, 4) is 5.75 Å². The Balaban J connectivity index is 1.30. The summed E-state index contributed by atoms with van der Waals surface area (Å²) in [5.74, 6) is 1.48. The number of anilines is 3. The third-order valence-electron chi connectivity index (χ3n) is 5.16. The van der Waals surface area contributed by atoms with Crippen LogP contribution in [0.15, 0.2) is 35.7 Å². The lowest BCUT2D eigenvalue weighted by Gasteiger charge is -2.36. The van der Waals surface area contributed by atoms with Gasteiger partial charge in [0.2, 0.25) is 11.9 Å². The number of amides is 1. The van der Waals surface area contributed by atoms with Gasteiger partial charge in [-0.05, 0) is 44.2 Å². The highest BCUT2D eigenvalue weighted by molar-refractivity contribution is 7.13. The first-order valence-electron chi connectivity index (χ1n) is 10.2. The second-order valence-electron chi connectivity index (χ2n) is 7.49. The van der Waals surface area contributed by atoms with E-state index in [1.165, 1.54) is 11.3 Å². The molecule has 162 valence electrons. The Kier molecular flexibility index (Phi) is 6.31. The molecular formula is C22H26N6O2S. The van der Waals surface area contributed by atoms with Crippen LogP contribution in [0.3, 0.4) is 0 Å². The van der Waals surface area contributed by atoms with Crippen LogP contribution in [0.5, 0.6) is 5.75 Å². The average molecular weight is 439 g/mol. The number of carbonyl (C=O) groups is 1. The van der Waals surface area contributed by atoms with Crippen molar-refractivity contribution < 1.29 is 9.53 Å². The molecule has 0 saturated carbocycles. The quantitative estimate of drug-likeness (QED) is 0.633. The summed E-state index contributed by atoms with van der Waals surface area (Å²) in [5.41, 5.74) is 3.71. The zero-order chi connectivity index (χ0) is 21.8. The van der Waals surface area contributed by atoms with Gasteiger partial charge in [-0.3, -0.25) is 4.79 Å². The predicted molar refractivity (Wildman–Crippen MR) is 122 cm³/mol. The second kappa shape index (κ2) is 9.30. The summed E-state index contributed by atoms with van der Waals surface area (Å²) in [4.78, 5) is 30.2. The fourth-order valence-electron chi connectivity index (χ4n) is 3.60. The van der Waals surface area contributed by atoms with Gasteiger partial charge in [0.05, 0.1) is 19.2 Å². The first-order valence-corrected chi connectivity index (χ1v) is 11.1. The molecule has 1 saturated heterocycles. The summed E-state index contributed by atoms with van der Waals surface area (Å²) in [6, 6.07) is 9.96. The highest BCUT2D eigenvalue weighted by Crippen LogP contribution is 2.22. The SMILES string of the molecule is COc1ccc(N2CCN(C(=O)Cc3csc(Nc4nc(C)cc(C)n4)n3)CC2)cc1. The van der Waals surface area contributed by atoms with Crippen molar-refractivity contribution in [3.63, 3.8) is 0 Å². The Bertz CT molecular complexity index is 1020. The molecule has 1 N–H and O–H groups in total. The number of aromatic nitrogens is 3. The molecule has 0 bridgehead atoms. The molecule has 0 atom stereocenters. The molecule has 8 nitrogen and oxygen atoms in total. The zero-order valence-corrected chi connectivity index (χ0v) is 18.8. The first-order chi connectivity index (χ1) is 15.0. The molecule has 1 aromatic carbocycles. The Hall–Kier alpha value is -3.20. The molecule has 1 fully saturated rings. The first kappa shape index (κ1) is 21.0. The molecule has 1 aliphatic rings. The van der Waals surface area contributed by atoms with Gasteiger partial charge < -0.3 is 19.9 Å². The third kappa shape index (κ3) is 5.29. The zero-order valence-electron chi connectivity index (χ0n) is 18.0. The monoisotopic (exact) mass is 438 g/mol. The van der Waals surface area contributed by atoms with E-state index in [0.717, 1.165) is 41.6 Å². The molecule has 3 heterocycles. The van der Waals surface area contributed by atoms with Gasteiger partial charge >= 0.3 is 0 Å². The number of piperazine rings is 1. The lowest BCUT2D eigenvalue weighted by atomic mass is 10.2. The van der Waals surface area contributed by atoms with Crippen LogP contribution in [0, 0.1) is 13.8 Å². The predicted octanol–water partition coefficient (Wildman–Crippen LogP) is 3.19. The number of carbonyl (C=O) groups excluding carboxylic acids is 1. The van der Waals surface area contributed by atoms with Crippen LogP contribution in [-0.2, 0) is 11.2 Å². The molecular weight excluding hydrogens is 412 g/mol. The van der Waals surface area contributed by atoms with Crippen molar-refractivity contribution in [2.45, 2.75) is 20.3 Å². The third-order valence-corrected chi connectivity index (χ3v) is 5.96. The molecule has 3 aromatic rings. The number of hydrogen-bond donors (Lipinski definition) is 1. The highest BCUT2D eigenvalue weighted by atomic mass is 32.1. The van der Waals surface area contributed by atoms with E-state index in [-0.39, 0.29) is 5.91 Å². The molecule has 1 amide bonds. The molecule has 9 heteroatoms. The van der Waals surface area contributed by atoms with Crippen molar-refractivity contribution >= 4 is 34.0 Å². The van der Waals surface area contributed by atoms with Gasteiger partial charge in [0.15, 0.2) is 5.13 Å². The minimum Gasteiger partial charge on any atom is -0.497 e. The molecule has 31 heavy (non-hydrogen) atoms. The van der Waals surface area contributed by atoms with E-state index < -0.39 is 0 Å². The number of thiazole rings is 1. The van der Waals surface area contributed by atoms with E-state index in [1.807, 2.05) is 42.3 Å². The molecule has 4 rings (SSSR count). The lowest BCUT2D eigenvalue weighted by molar-refractivity contribution is -0.130. The van der Waals surface area contributed by atoms with Crippen molar-refractivity contribution in [1.29, 1.82) is 0 Å². The Morgan fingerprint density at radius 3 is 2.39 bits per heavy atom. The number of aryl methyl sites for hydroxylation is 2. The van der Waals surface area contributed by atoms with Gasteiger partial charge in [-0.1, -0.05) is 0 Å². The molecule has 0 spiro atoms. The molecule has 0 unspecified atom stereocenters. The smallest absolute Gasteiger partial charge is 0.229 e. The van der Waals surface area contributed by atoms with Crippen molar-refractivity contribution in [2.24, 2.45) is 0 Å². The van der Waals surface area contributed by atoms with Crippen LogP contribution in [0.4, 0.5) is 16.8 Å². The number of rotatable bonds is 6. The van der Waals surface area contributed by atoms with Crippen LogP contribution < -0.4 is 15.0 Å². The van der Waals surface area contributed by atoms with E-state index >= 15 is 0 Å². The summed E-state index contributed by atoms with van der Waals surface area (Å²) in [6.07, 6.45) is 0.300. The second-order valence-corrected chi connectivity index (χ2v) is 8.34. The number of methoxy groups -OCH3 is 1. The summed E-state index contributed by atoms with van der Waals surface area (Å²) in [7, 11) is 1.66. The largest absolute Gasteiger partial charge is 0.497 e. The van der Waals surface area contributed by atoms with Gasteiger partial charge in [-0.15, -0.1) is 11.3 Å². The van der Waals surface area contributed by atoms with Crippen molar-refractivity contribution in [2.75, 3.05) is 43.5 Å². The van der Waals surface area contributed by atoms with Crippen LogP contribution in [0.1, 0.15) is 17.1 Å². The highest BCUT2D eigenvalue weighted by Gasteiger charge is 2.22. The van der Waals surface area contributed by atoms with Crippen LogP contribution in [0.25, 0.3) is 0 Å². The van der Waals surface area contributed by atoms with Gasteiger partial charge in [-0.25, -0.2) is 15.0 Å². The summed E-state index contributed by atoms with van der Waals surface area (Å²) in [6.45, 7) is 6.89. The van der Waals surface area contributed by atoms with E-state index in [2.05, 4.69) is 37.3 Å². The fourth-order valence-corrected chi connectivity index (χ4v) is 4.30. The summed E-state index contributed by atoms with van der Waals surface area (Å²) in [5, 5.41) is 5.74. The number of ether oxygens (including phenoxy) is 1. The minimum atomic E-state index is 0.105. The van der Waals surface area contributed by atoms with Crippen molar-refractivity contribution in [3.05, 3.63) is 52.8 Å². The van der Waals surface area contributed by atoms with E-state index in [1.54, 1.807) is 7.11 Å². The molecule has 0 aliphatic carbocycles. The Morgan fingerprint density at radius 1 is 1.06 bits per heavy atom. The lowest BCUT2D eigenvalue weighted by Crippen LogP contribution is -2.49. The van der Waals surface area contributed by atoms with Gasteiger partial charge in [-0.2, -0.15) is 0 Å². The summed E-state index contributed by atoms with van der Waals surface area (Å²) >= 11 is 1.45. The maximum Gasteiger partial charge on any atom is 0.229 e. The minimum absolute atomic E-state index is 0.105. The van der Waals surface area contributed by atoms with Crippen LogP contribution in [-0.4, -0.2) is 59.0 Å². The number of nitrogens with one attached hydrogen (secondary N) is 1. The fraction of sp³-hybridized carbons (Fsp3) is 0.364. The van der Waals surface area contributed by atoms with Crippen LogP contribution in [0.2, 0.25) is 0 Å². The van der Waals surface area contributed by atoms with E-state index in [4.69, 9.17) is 4.74 Å². The molecule has 1 aliphatic heterocycles. The molecule has 2 aromatic heterocycles. The Morgan fingerprint density at radius 2 is 1.74 bits per heavy atom. The van der Waals surface area contributed by atoms with E-state index in [0.29, 0.717) is 30.6 Å². The number of benzene rings is 1. The maximum absolute atomic E-state index is 12.8. The standard InChI is InChI=1S/C22H26N6O2S/c1-15-12-16(2)24-21(23-15)26-22-25-17(14-31-22)13-20(29)28-10-8-27(9-11-28)18-4-6-19(30-3)7-5-18/h4-7,12,14H,8-11,13H2,1-3H3,(H,23,24,25,26). The Labute approximate surface area is 185 Å². The van der Waals surface area contributed by atoms with Gasteiger partial charge in [0.1, 0.15) is 5.75 Å². The normalized spacial score (nSPS) is 13.9. The number of hydrogen-bond acceptors (Lipinski definition) is 8. The number of nitrogens with zero attached hydrogens (tertiary/aromatic N) is 5. The molecule has 0 radical (unpaired) electrons. The van der Waals surface area contributed by atoms with Gasteiger partial charge in [0, 0.05) is 48.6 Å². The average Bonchev–Trinajstić information content (AvgIpc) is 3.19. The van der Waals surface area contributed by atoms with Crippen LogP contribution >= 0.6 is 11.3 Å². The topological polar surface area (TPSA) is 83.5 Å². The van der Waals surface area contributed by atoms with E-state index in [9.17, 15) is 4.79 Å². The van der Waals surface area contributed by atoms with Gasteiger partial charge in [0.25, 0.3) is 0 Å².